The third-order valence-corrected chi connectivity index (χ3v) is 2.46. The molecule has 0 radical (unpaired) electrons. The molecular formula is C13H20O7. The molecule has 0 N–H and O–H groups in total. The Balaban J connectivity index is 5.17. The lowest BCUT2D eigenvalue weighted by molar-refractivity contribution is -0.168. The Kier molecular flexibility index (Phi) is 8.19. The molecule has 0 amide bonds. The van der Waals surface area contributed by atoms with Gasteiger partial charge in [-0.15, -0.1) is 0 Å². The molecule has 0 unspecified atom stereocenters. The average molecular weight is 288 g/mol. The van der Waals surface area contributed by atoms with Crippen molar-refractivity contribution < 1.29 is 33.4 Å². The zero-order valence-corrected chi connectivity index (χ0v) is 12.1. The van der Waals surface area contributed by atoms with E-state index in [1.165, 1.54) is 13.8 Å². The lowest BCUT2D eigenvalue weighted by atomic mass is 9.90. The van der Waals surface area contributed by atoms with Crippen molar-refractivity contribution in [2.45, 2.75) is 27.7 Å². The first kappa shape index (κ1) is 18.1. The van der Waals surface area contributed by atoms with Gasteiger partial charge in [0.1, 0.15) is 5.92 Å². The van der Waals surface area contributed by atoms with Gasteiger partial charge in [0.25, 0.3) is 5.78 Å². The maximum atomic E-state index is 11.9. The Hall–Kier alpha value is -1.92. The van der Waals surface area contributed by atoms with Crippen LogP contribution in [0, 0.1) is 11.8 Å². The molecule has 0 aliphatic carbocycles. The summed E-state index contributed by atoms with van der Waals surface area (Å²) in [6.07, 6.45) is 0. The second kappa shape index (κ2) is 9.06. The maximum Gasteiger partial charge on any atom is 0.375 e. The van der Waals surface area contributed by atoms with Crippen LogP contribution in [0.25, 0.3) is 0 Å². The summed E-state index contributed by atoms with van der Waals surface area (Å²) in [5, 5.41) is 0. The molecule has 0 heterocycles. The van der Waals surface area contributed by atoms with Crippen molar-refractivity contribution in [1.29, 1.82) is 0 Å². The fraction of sp³-hybridized carbons (Fsp3) is 0.692. The van der Waals surface area contributed by atoms with Crippen molar-refractivity contribution in [2.24, 2.45) is 11.8 Å². The van der Waals surface area contributed by atoms with Crippen LogP contribution in [0.4, 0.5) is 0 Å². The Morgan fingerprint density at radius 2 is 1.25 bits per heavy atom. The highest BCUT2D eigenvalue weighted by Crippen LogP contribution is 2.18. The van der Waals surface area contributed by atoms with Gasteiger partial charge in [-0.25, -0.2) is 4.79 Å². The van der Waals surface area contributed by atoms with E-state index in [2.05, 4.69) is 4.74 Å². The molecule has 0 spiro atoms. The van der Waals surface area contributed by atoms with E-state index in [1.807, 2.05) is 0 Å². The average Bonchev–Trinajstić information content (AvgIpc) is 2.39. The summed E-state index contributed by atoms with van der Waals surface area (Å²) in [5.74, 6) is -6.62. The number of hydrogen-bond acceptors (Lipinski definition) is 7. The van der Waals surface area contributed by atoms with Gasteiger partial charge in [-0.05, 0) is 20.8 Å². The summed E-state index contributed by atoms with van der Waals surface area (Å²) in [7, 11) is 0. The summed E-state index contributed by atoms with van der Waals surface area (Å²) in [4.78, 5) is 46.8. The minimum absolute atomic E-state index is 0.00605. The van der Waals surface area contributed by atoms with Gasteiger partial charge in [-0.1, -0.05) is 6.92 Å². The van der Waals surface area contributed by atoms with Crippen LogP contribution >= 0.6 is 0 Å². The molecule has 114 valence electrons. The van der Waals surface area contributed by atoms with Gasteiger partial charge < -0.3 is 14.2 Å². The van der Waals surface area contributed by atoms with Gasteiger partial charge in [0.2, 0.25) is 0 Å². The molecule has 0 bridgehead atoms. The van der Waals surface area contributed by atoms with E-state index in [1.54, 1.807) is 13.8 Å². The Bertz CT molecular complexity index is 375. The van der Waals surface area contributed by atoms with Gasteiger partial charge >= 0.3 is 17.9 Å². The minimum atomic E-state index is -1.55. The predicted molar refractivity (Wildman–Crippen MR) is 67.6 cm³/mol. The first-order chi connectivity index (χ1) is 9.40. The van der Waals surface area contributed by atoms with Crippen LogP contribution in [0.2, 0.25) is 0 Å². The number of esters is 3. The van der Waals surface area contributed by atoms with Gasteiger partial charge in [0.05, 0.1) is 25.7 Å². The normalized spacial score (nSPS) is 13.0. The molecular weight excluding hydrogens is 268 g/mol. The summed E-state index contributed by atoms with van der Waals surface area (Å²) < 4.78 is 14.0. The highest BCUT2D eigenvalue weighted by Gasteiger charge is 2.42. The van der Waals surface area contributed by atoms with Crippen molar-refractivity contribution in [2.75, 3.05) is 19.8 Å². The Labute approximate surface area is 117 Å². The zero-order chi connectivity index (χ0) is 15.7. The van der Waals surface area contributed by atoms with E-state index < -0.39 is 35.5 Å². The second-order valence-corrected chi connectivity index (χ2v) is 3.86. The molecule has 7 heteroatoms. The van der Waals surface area contributed by atoms with Crippen LogP contribution in [0.5, 0.6) is 0 Å². The van der Waals surface area contributed by atoms with E-state index in [0.717, 1.165) is 0 Å². The quantitative estimate of drug-likeness (QED) is 0.277. The van der Waals surface area contributed by atoms with Gasteiger partial charge in [0, 0.05) is 0 Å². The van der Waals surface area contributed by atoms with Crippen LogP contribution in [0.15, 0.2) is 0 Å². The van der Waals surface area contributed by atoms with E-state index in [-0.39, 0.29) is 19.8 Å². The largest absolute Gasteiger partial charge is 0.466 e. The molecule has 0 rings (SSSR count). The third kappa shape index (κ3) is 4.99. The topological polar surface area (TPSA) is 96.0 Å². The fourth-order valence-electron chi connectivity index (χ4n) is 1.51. The predicted octanol–water partition coefficient (Wildman–Crippen LogP) is 0.497. The monoisotopic (exact) mass is 288 g/mol. The Morgan fingerprint density at radius 1 is 0.800 bits per heavy atom. The summed E-state index contributed by atoms with van der Waals surface area (Å²) in [6, 6.07) is 0. The fourth-order valence-corrected chi connectivity index (χ4v) is 1.51. The van der Waals surface area contributed by atoms with Crippen LogP contribution in [-0.2, 0) is 33.4 Å². The SMILES string of the molecule is CCOC(=O)C(=O)[C@@H](C(=O)OCC)[C@H](C)C(=O)OCC. The molecule has 0 aromatic heterocycles. The van der Waals surface area contributed by atoms with Crippen molar-refractivity contribution in [3.05, 3.63) is 0 Å². The standard InChI is InChI=1S/C13H20O7/c1-5-18-11(15)8(4)9(12(16)19-6-2)10(14)13(17)20-7-3/h8-9H,5-7H2,1-4H3/t8-,9-/m0/s1. The van der Waals surface area contributed by atoms with Crippen molar-refractivity contribution >= 4 is 23.7 Å². The molecule has 20 heavy (non-hydrogen) atoms. The van der Waals surface area contributed by atoms with Crippen LogP contribution in [0.1, 0.15) is 27.7 Å². The summed E-state index contributed by atoms with van der Waals surface area (Å²) >= 11 is 0. The number of carbonyl (C=O) groups excluding carboxylic acids is 4. The lowest BCUT2D eigenvalue weighted by Crippen LogP contribution is -2.40. The maximum absolute atomic E-state index is 11.9. The Morgan fingerprint density at radius 3 is 1.70 bits per heavy atom. The summed E-state index contributed by atoms with van der Waals surface area (Å²) in [6.45, 7) is 6.13. The zero-order valence-electron chi connectivity index (χ0n) is 12.1. The molecule has 0 aromatic carbocycles. The molecule has 0 fully saturated rings. The molecule has 0 aliphatic rings. The van der Waals surface area contributed by atoms with E-state index in [0.29, 0.717) is 0 Å². The van der Waals surface area contributed by atoms with Gasteiger partial charge in [0.15, 0.2) is 0 Å². The van der Waals surface area contributed by atoms with Crippen LogP contribution < -0.4 is 0 Å². The molecule has 0 saturated heterocycles. The molecule has 2 atom stereocenters. The number of ketones is 1. The summed E-state index contributed by atoms with van der Waals surface area (Å²) in [5.41, 5.74) is 0. The lowest BCUT2D eigenvalue weighted by Gasteiger charge is -2.19. The minimum Gasteiger partial charge on any atom is -0.466 e. The molecule has 0 saturated carbocycles. The van der Waals surface area contributed by atoms with Gasteiger partial charge in [-0.2, -0.15) is 0 Å². The smallest absolute Gasteiger partial charge is 0.375 e. The molecule has 0 aromatic rings. The first-order valence-corrected chi connectivity index (χ1v) is 6.44. The number of rotatable bonds is 8. The van der Waals surface area contributed by atoms with Crippen molar-refractivity contribution in [1.82, 2.24) is 0 Å². The number of ether oxygens (including phenoxy) is 3. The number of Topliss-reactive ketones (excluding diaryl/α,β-unsaturated/α-hetero) is 1. The van der Waals surface area contributed by atoms with E-state index >= 15 is 0 Å². The third-order valence-electron chi connectivity index (χ3n) is 2.46. The highest BCUT2D eigenvalue weighted by atomic mass is 16.5. The molecule has 0 aliphatic heterocycles. The van der Waals surface area contributed by atoms with E-state index in [9.17, 15) is 19.2 Å². The van der Waals surface area contributed by atoms with E-state index in [4.69, 9.17) is 9.47 Å². The van der Waals surface area contributed by atoms with Crippen molar-refractivity contribution in [3.8, 4) is 0 Å². The highest BCUT2D eigenvalue weighted by molar-refractivity contribution is 6.38. The number of carbonyl (C=O) groups is 4. The number of hydrogen-bond donors (Lipinski definition) is 0. The van der Waals surface area contributed by atoms with Gasteiger partial charge in [-0.3, -0.25) is 14.4 Å². The first-order valence-electron chi connectivity index (χ1n) is 6.44. The van der Waals surface area contributed by atoms with Crippen LogP contribution in [0.3, 0.4) is 0 Å². The van der Waals surface area contributed by atoms with Crippen LogP contribution in [-0.4, -0.2) is 43.5 Å². The molecule has 7 nitrogen and oxygen atoms in total. The second-order valence-electron chi connectivity index (χ2n) is 3.86. The van der Waals surface area contributed by atoms with Crippen molar-refractivity contribution in [3.63, 3.8) is 0 Å².